The monoisotopic (exact) mass is 152 g/mol. The summed E-state index contributed by atoms with van der Waals surface area (Å²) in [6.45, 7) is -0.00512. The number of rotatable bonds is 0. The van der Waals surface area contributed by atoms with Crippen LogP contribution in [0.2, 0.25) is 0 Å². The van der Waals surface area contributed by atoms with Crippen molar-refractivity contribution in [3.8, 4) is 0 Å². The zero-order chi connectivity index (χ0) is 7.78. The van der Waals surface area contributed by atoms with E-state index in [1.54, 1.807) is 0 Å². The van der Waals surface area contributed by atoms with Crippen LogP contribution in [0, 0.1) is 0 Å². The zero-order valence-corrected chi connectivity index (χ0v) is 5.18. The number of nitrogens with zero attached hydrogens (tertiary/aromatic N) is 3. The van der Waals surface area contributed by atoms with Gasteiger partial charge in [-0.05, 0) is 0 Å². The van der Waals surface area contributed by atoms with Gasteiger partial charge in [-0.3, -0.25) is 0 Å². The first kappa shape index (κ1) is 7.17. The number of hydrogen-bond donors (Lipinski definition) is 0. The van der Waals surface area contributed by atoms with Gasteiger partial charge in [0.15, 0.2) is 7.05 Å². The van der Waals surface area contributed by atoms with Crippen molar-refractivity contribution >= 4 is 5.84 Å². The predicted molar refractivity (Wildman–Crippen MR) is 27.0 cm³/mol. The molecule has 0 N–H and O–H groups in total. The summed E-state index contributed by atoms with van der Waals surface area (Å²) in [5.41, 5.74) is 0. The number of aliphatic imine (C=N–C) groups is 1. The lowest BCUT2D eigenvalue weighted by Gasteiger charge is -1.96. The molecule has 3 nitrogen and oxygen atoms in total. The molecule has 0 aromatic carbocycles. The Morgan fingerprint density at radius 1 is 1.50 bits per heavy atom. The molecule has 10 heavy (non-hydrogen) atoms. The van der Waals surface area contributed by atoms with Crippen LogP contribution >= 0.6 is 0 Å². The van der Waals surface area contributed by atoms with E-state index in [0.29, 0.717) is 0 Å². The molecule has 56 valence electrons. The molecule has 6 heteroatoms. The van der Waals surface area contributed by atoms with Gasteiger partial charge in [-0.2, -0.15) is 18.2 Å². The summed E-state index contributed by atoms with van der Waals surface area (Å²) in [5.74, 6) is -1.05. The van der Waals surface area contributed by atoms with E-state index < -0.39 is 12.0 Å². The van der Waals surface area contributed by atoms with Crippen LogP contribution < -0.4 is 0 Å². The lowest BCUT2D eigenvalue weighted by molar-refractivity contribution is -0.552. The minimum absolute atomic E-state index is 0.00512. The molecule has 0 aliphatic carbocycles. The maximum Gasteiger partial charge on any atom is 0.457 e. The van der Waals surface area contributed by atoms with Gasteiger partial charge >= 0.3 is 12.0 Å². The Labute approximate surface area is 54.9 Å². The van der Waals surface area contributed by atoms with Crippen molar-refractivity contribution in [1.29, 1.82) is 0 Å². The molecule has 0 unspecified atom stereocenters. The third-order valence-corrected chi connectivity index (χ3v) is 0.944. The van der Waals surface area contributed by atoms with Crippen molar-refractivity contribution in [3.05, 3.63) is 0 Å². The van der Waals surface area contributed by atoms with Gasteiger partial charge in [-0.15, -0.1) is 4.70 Å². The molecule has 0 spiro atoms. The van der Waals surface area contributed by atoms with Crippen LogP contribution in [-0.4, -0.2) is 30.4 Å². The van der Waals surface area contributed by atoms with Crippen molar-refractivity contribution in [3.63, 3.8) is 0 Å². The fourth-order valence-electron chi connectivity index (χ4n) is 0.541. The van der Waals surface area contributed by atoms with E-state index in [1.165, 1.54) is 7.05 Å². The number of hydrogen-bond acceptors (Lipinski definition) is 2. The second kappa shape index (κ2) is 2.03. The summed E-state index contributed by atoms with van der Waals surface area (Å²) < 4.78 is 36.2. The fraction of sp³-hybridized carbons (Fsp3) is 0.750. The molecule has 0 bridgehead atoms. The van der Waals surface area contributed by atoms with E-state index in [0.717, 1.165) is 4.70 Å². The van der Waals surface area contributed by atoms with Crippen LogP contribution in [0.4, 0.5) is 13.2 Å². The molecule has 0 atom stereocenters. The van der Waals surface area contributed by atoms with E-state index in [1.807, 2.05) is 0 Å². The number of azo groups is 2. The third-order valence-electron chi connectivity index (χ3n) is 0.944. The molecular weight excluding hydrogens is 147 g/mol. The van der Waals surface area contributed by atoms with Crippen LogP contribution in [0.3, 0.4) is 0 Å². The van der Waals surface area contributed by atoms with Crippen molar-refractivity contribution in [1.82, 2.24) is 0 Å². The summed E-state index contributed by atoms with van der Waals surface area (Å²) in [4.78, 5) is 3.14. The van der Waals surface area contributed by atoms with E-state index in [9.17, 15) is 13.2 Å². The molecule has 0 radical (unpaired) electrons. The lowest BCUT2D eigenvalue weighted by Crippen LogP contribution is -2.19. The van der Waals surface area contributed by atoms with Gasteiger partial charge in [-0.25, -0.2) is 0 Å². The molecule has 0 aromatic rings. The Hall–Kier alpha value is -0.940. The first-order valence-electron chi connectivity index (χ1n) is 2.54. The molecule has 1 heterocycles. The van der Waals surface area contributed by atoms with Crippen LogP contribution in [0.5, 0.6) is 0 Å². The van der Waals surface area contributed by atoms with Gasteiger partial charge in [0.05, 0.1) is 0 Å². The lowest BCUT2D eigenvalue weighted by atomic mass is 10.6. The molecule has 0 saturated carbocycles. The van der Waals surface area contributed by atoms with E-state index in [4.69, 9.17) is 0 Å². The molecule has 1 rings (SSSR count). The maximum absolute atomic E-state index is 11.7. The second-order valence-electron chi connectivity index (χ2n) is 1.88. The maximum atomic E-state index is 11.7. The van der Waals surface area contributed by atoms with Crippen LogP contribution in [-0.2, 0) is 0 Å². The standard InChI is InChI=1S/C4H5F3N3/c1-10-2-8-3(9-10)4(5,6)7/h2H2,1H3/q+1. The quantitative estimate of drug-likeness (QED) is 0.463. The highest BCUT2D eigenvalue weighted by Gasteiger charge is 2.41. The van der Waals surface area contributed by atoms with Gasteiger partial charge in [-0.1, -0.05) is 0 Å². The summed E-state index contributed by atoms with van der Waals surface area (Å²) >= 11 is 0. The molecular formula is C4H5F3N3+. The Balaban J connectivity index is 2.77. The molecule has 1 aliphatic rings. The summed E-state index contributed by atoms with van der Waals surface area (Å²) in [6.07, 6.45) is -4.40. The Morgan fingerprint density at radius 3 is 2.30 bits per heavy atom. The van der Waals surface area contributed by atoms with Crippen LogP contribution in [0.1, 0.15) is 0 Å². The molecule has 1 aliphatic heterocycles. The highest BCUT2D eigenvalue weighted by molar-refractivity contribution is 5.87. The van der Waals surface area contributed by atoms with Gasteiger partial charge in [0.25, 0.3) is 6.67 Å². The van der Waals surface area contributed by atoms with Gasteiger partial charge < -0.3 is 0 Å². The summed E-state index contributed by atoms with van der Waals surface area (Å²) in [5, 5.41) is 3.12. The molecule has 0 aromatic heterocycles. The minimum atomic E-state index is -4.40. The van der Waals surface area contributed by atoms with Crippen LogP contribution in [0.25, 0.3) is 0 Å². The van der Waals surface area contributed by atoms with Crippen molar-refractivity contribution in [2.45, 2.75) is 6.18 Å². The number of halogens is 3. The minimum Gasteiger partial charge on any atom is -0.189 e. The normalized spacial score (nSPS) is 18.8. The Bertz CT molecular complexity index is 202. The fourth-order valence-corrected chi connectivity index (χ4v) is 0.541. The molecule has 0 amide bonds. The Morgan fingerprint density at radius 2 is 2.10 bits per heavy atom. The second-order valence-corrected chi connectivity index (χ2v) is 1.88. The largest absolute Gasteiger partial charge is 0.457 e. The van der Waals surface area contributed by atoms with E-state index in [-0.39, 0.29) is 6.67 Å². The van der Waals surface area contributed by atoms with Crippen molar-refractivity contribution in [2.24, 2.45) is 10.1 Å². The van der Waals surface area contributed by atoms with Gasteiger partial charge in [0, 0.05) is 5.11 Å². The Kier molecular flexibility index (Phi) is 1.46. The molecule has 0 saturated heterocycles. The van der Waals surface area contributed by atoms with Crippen molar-refractivity contribution < 1.29 is 17.9 Å². The van der Waals surface area contributed by atoms with Gasteiger partial charge in [0.1, 0.15) is 0 Å². The molecule has 0 fully saturated rings. The van der Waals surface area contributed by atoms with Crippen molar-refractivity contribution in [2.75, 3.05) is 13.7 Å². The van der Waals surface area contributed by atoms with E-state index in [2.05, 4.69) is 10.1 Å². The zero-order valence-electron chi connectivity index (χ0n) is 5.18. The third kappa shape index (κ3) is 1.31. The smallest absolute Gasteiger partial charge is 0.189 e. The van der Waals surface area contributed by atoms with E-state index >= 15 is 0 Å². The number of amidine groups is 1. The van der Waals surface area contributed by atoms with Crippen LogP contribution in [0.15, 0.2) is 10.1 Å². The topological polar surface area (TPSA) is 27.7 Å². The predicted octanol–water partition coefficient (Wildman–Crippen LogP) is 1.01. The first-order valence-corrected chi connectivity index (χ1v) is 2.54. The first-order chi connectivity index (χ1) is 4.50. The average molecular weight is 152 g/mol. The summed E-state index contributed by atoms with van der Waals surface area (Å²) in [6, 6.07) is 0. The highest BCUT2D eigenvalue weighted by Crippen LogP contribution is 2.19. The number of alkyl halides is 3. The van der Waals surface area contributed by atoms with Gasteiger partial charge in [0.2, 0.25) is 0 Å². The average Bonchev–Trinajstić information content (AvgIpc) is 2.11. The summed E-state index contributed by atoms with van der Waals surface area (Å²) in [7, 11) is 1.43. The SMILES string of the molecule is C[N+]1=NC(C(F)(F)F)=NC1. The highest BCUT2D eigenvalue weighted by atomic mass is 19.4.